The fraction of sp³-hybridized carbons (Fsp3) is 0.200. The molecule has 0 unspecified atom stereocenters. The molecule has 0 saturated carbocycles. The summed E-state index contributed by atoms with van der Waals surface area (Å²) in [6, 6.07) is 11.0. The van der Waals surface area contributed by atoms with Crippen molar-refractivity contribution in [1.29, 1.82) is 0 Å². The molecule has 6 heteroatoms. The van der Waals surface area contributed by atoms with Gasteiger partial charge < -0.3 is 10.0 Å². The minimum absolute atomic E-state index is 0.0649. The number of aromatic nitrogens is 1. The van der Waals surface area contributed by atoms with Gasteiger partial charge in [-0.15, -0.1) is 11.3 Å². The number of phenolic OH excluding ortho intramolecular Hbond substituents is 1. The van der Waals surface area contributed by atoms with Gasteiger partial charge in [-0.1, -0.05) is 0 Å². The lowest BCUT2D eigenvalue weighted by Gasteiger charge is -2.17. The average molecular weight is 368 g/mol. The summed E-state index contributed by atoms with van der Waals surface area (Å²) >= 11 is 1.42. The van der Waals surface area contributed by atoms with Crippen molar-refractivity contribution in [2.45, 2.75) is 12.8 Å². The number of nitrogens with zero attached hydrogens (tertiary/aromatic N) is 2. The van der Waals surface area contributed by atoms with Gasteiger partial charge in [0.05, 0.1) is 10.4 Å². The molecule has 0 radical (unpaired) electrons. The van der Waals surface area contributed by atoms with Gasteiger partial charge in [0.1, 0.15) is 5.01 Å². The zero-order valence-corrected chi connectivity index (χ0v) is 14.8. The van der Waals surface area contributed by atoms with Crippen LogP contribution in [-0.4, -0.2) is 29.5 Å². The first-order valence-corrected chi connectivity index (χ1v) is 9.26. The number of thiazole rings is 1. The summed E-state index contributed by atoms with van der Waals surface area (Å²) in [6.45, 7) is 2.21. The first kappa shape index (κ1) is 16.7. The van der Waals surface area contributed by atoms with Crippen molar-refractivity contribution in [3.63, 3.8) is 0 Å². The maximum absolute atomic E-state index is 13.8. The number of hydrogen-bond donors (Lipinski definition) is 1. The lowest BCUT2D eigenvalue weighted by atomic mass is 10.1. The van der Waals surface area contributed by atoms with E-state index in [2.05, 4.69) is 22.0 Å². The average Bonchev–Trinajstić information content (AvgIpc) is 3.36. The molecule has 0 aliphatic carbocycles. The van der Waals surface area contributed by atoms with Crippen LogP contribution in [0.3, 0.4) is 0 Å². The van der Waals surface area contributed by atoms with Gasteiger partial charge in [0.15, 0.2) is 17.9 Å². The minimum Gasteiger partial charge on any atom is -0.504 e. The third-order valence-electron chi connectivity index (χ3n) is 4.60. The minimum atomic E-state index is -0.811. The Labute approximate surface area is 154 Å². The van der Waals surface area contributed by atoms with E-state index in [9.17, 15) is 14.3 Å². The second-order valence-corrected chi connectivity index (χ2v) is 7.32. The van der Waals surface area contributed by atoms with Crippen LogP contribution in [0.5, 0.6) is 5.75 Å². The number of phenols is 1. The summed E-state index contributed by atoms with van der Waals surface area (Å²) < 4.78 is 13.8. The van der Waals surface area contributed by atoms with E-state index < -0.39 is 11.6 Å². The SMILES string of the molecule is O=Cc1cc(-c2cnc(-c3ccc(N4CCCC4)cc3)s2)cc(F)c1O. The number of carbonyl (C=O) groups is 1. The summed E-state index contributed by atoms with van der Waals surface area (Å²) in [5.41, 5.74) is 2.68. The number of aromatic hydroxyl groups is 1. The molecule has 1 aliphatic heterocycles. The van der Waals surface area contributed by atoms with E-state index in [1.807, 2.05) is 12.1 Å². The largest absolute Gasteiger partial charge is 0.504 e. The molecule has 132 valence electrons. The molecule has 1 aliphatic rings. The highest BCUT2D eigenvalue weighted by atomic mass is 32.1. The van der Waals surface area contributed by atoms with E-state index in [1.54, 1.807) is 6.20 Å². The van der Waals surface area contributed by atoms with Crippen molar-refractivity contribution in [3.8, 4) is 26.8 Å². The number of rotatable bonds is 4. The van der Waals surface area contributed by atoms with Gasteiger partial charge >= 0.3 is 0 Å². The standard InChI is InChI=1S/C20H17FN2O2S/c21-17-10-14(9-15(12-24)19(17)25)18-11-22-20(26-18)13-3-5-16(6-4-13)23-7-1-2-8-23/h3-6,9-12,25H,1-2,7-8H2. The van der Waals surface area contributed by atoms with Crippen molar-refractivity contribution in [3.05, 3.63) is 54.0 Å². The predicted molar refractivity (Wildman–Crippen MR) is 101 cm³/mol. The monoisotopic (exact) mass is 368 g/mol. The smallest absolute Gasteiger partial charge is 0.166 e. The molecule has 1 N–H and O–H groups in total. The van der Waals surface area contributed by atoms with Gasteiger partial charge in [-0.25, -0.2) is 9.37 Å². The maximum atomic E-state index is 13.8. The highest BCUT2D eigenvalue weighted by Gasteiger charge is 2.15. The Morgan fingerprint density at radius 1 is 1.12 bits per heavy atom. The number of halogens is 1. The van der Waals surface area contributed by atoms with Crippen molar-refractivity contribution in [2.75, 3.05) is 18.0 Å². The number of hydrogen-bond acceptors (Lipinski definition) is 5. The van der Waals surface area contributed by atoms with E-state index in [-0.39, 0.29) is 5.56 Å². The third-order valence-corrected chi connectivity index (χ3v) is 5.69. The highest BCUT2D eigenvalue weighted by Crippen LogP contribution is 2.35. The van der Waals surface area contributed by atoms with Crippen LogP contribution in [0.2, 0.25) is 0 Å². The van der Waals surface area contributed by atoms with Gasteiger partial charge in [0.25, 0.3) is 0 Å². The van der Waals surface area contributed by atoms with Crippen molar-refractivity contribution >= 4 is 23.3 Å². The molecule has 0 spiro atoms. The molecule has 2 heterocycles. The van der Waals surface area contributed by atoms with Gasteiger partial charge in [-0.3, -0.25) is 4.79 Å². The molecule has 0 amide bonds. The molecule has 0 atom stereocenters. The summed E-state index contributed by atoms with van der Waals surface area (Å²) in [7, 11) is 0. The molecule has 4 rings (SSSR count). The molecule has 26 heavy (non-hydrogen) atoms. The molecule has 2 aromatic carbocycles. The Morgan fingerprint density at radius 2 is 1.85 bits per heavy atom. The van der Waals surface area contributed by atoms with Crippen molar-refractivity contribution in [1.82, 2.24) is 4.98 Å². The van der Waals surface area contributed by atoms with Crippen molar-refractivity contribution < 1.29 is 14.3 Å². The first-order chi connectivity index (χ1) is 12.7. The van der Waals surface area contributed by atoms with Crippen LogP contribution in [0.4, 0.5) is 10.1 Å². The Hall–Kier alpha value is -2.73. The molecule has 0 bridgehead atoms. The van der Waals surface area contributed by atoms with E-state index in [4.69, 9.17) is 0 Å². The second-order valence-electron chi connectivity index (χ2n) is 6.28. The summed E-state index contributed by atoms with van der Waals surface area (Å²) in [4.78, 5) is 18.5. The van der Waals surface area contributed by atoms with Gasteiger partial charge in [0.2, 0.25) is 0 Å². The Balaban J connectivity index is 1.62. The van der Waals surface area contributed by atoms with E-state index >= 15 is 0 Å². The van der Waals surface area contributed by atoms with Gasteiger partial charge in [-0.2, -0.15) is 0 Å². The normalized spacial score (nSPS) is 14.0. The van der Waals surface area contributed by atoms with Crippen LogP contribution in [0.1, 0.15) is 23.2 Å². The summed E-state index contributed by atoms with van der Waals surface area (Å²) in [5, 5.41) is 10.4. The van der Waals surface area contributed by atoms with Crippen LogP contribution in [0, 0.1) is 5.82 Å². The number of anilines is 1. The topological polar surface area (TPSA) is 53.4 Å². The molecular formula is C20H17FN2O2S. The Bertz CT molecular complexity index is 947. The second kappa shape index (κ2) is 6.88. The van der Waals surface area contributed by atoms with E-state index in [1.165, 1.54) is 42.0 Å². The molecule has 1 saturated heterocycles. The zero-order chi connectivity index (χ0) is 18.1. The third kappa shape index (κ3) is 3.08. The molecule has 1 aromatic heterocycles. The summed E-state index contributed by atoms with van der Waals surface area (Å²) in [5.74, 6) is -1.43. The quantitative estimate of drug-likeness (QED) is 0.676. The van der Waals surface area contributed by atoms with E-state index in [0.29, 0.717) is 11.8 Å². The van der Waals surface area contributed by atoms with Crippen LogP contribution in [0.15, 0.2) is 42.6 Å². The van der Waals surface area contributed by atoms with Crippen LogP contribution in [-0.2, 0) is 0 Å². The number of benzene rings is 2. The lowest BCUT2D eigenvalue weighted by Crippen LogP contribution is -2.17. The molecule has 3 aromatic rings. The molecule has 4 nitrogen and oxygen atoms in total. The van der Waals surface area contributed by atoms with E-state index in [0.717, 1.165) is 28.5 Å². The Kier molecular flexibility index (Phi) is 4.42. The Morgan fingerprint density at radius 3 is 2.54 bits per heavy atom. The first-order valence-electron chi connectivity index (χ1n) is 8.45. The van der Waals surface area contributed by atoms with Gasteiger partial charge in [-0.05, 0) is 54.8 Å². The van der Waals surface area contributed by atoms with Crippen LogP contribution < -0.4 is 4.90 Å². The summed E-state index contributed by atoms with van der Waals surface area (Å²) in [6.07, 6.45) is 4.59. The maximum Gasteiger partial charge on any atom is 0.166 e. The van der Waals surface area contributed by atoms with Crippen LogP contribution >= 0.6 is 11.3 Å². The fourth-order valence-electron chi connectivity index (χ4n) is 3.18. The van der Waals surface area contributed by atoms with Gasteiger partial charge in [0, 0.05) is 30.5 Å². The molecular weight excluding hydrogens is 351 g/mol. The molecule has 1 fully saturated rings. The lowest BCUT2D eigenvalue weighted by molar-refractivity contribution is 0.112. The highest BCUT2D eigenvalue weighted by molar-refractivity contribution is 7.18. The predicted octanol–water partition coefficient (Wildman–Crippen LogP) is 4.73. The zero-order valence-electron chi connectivity index (χ0n) is 14.0. The number of aldehydes is 1. The van der Waals surface area contributed by atoms with Crippen LogP contribution in [0.25, 0.3) is 21.0 Å². The fourth-order valence-corrected chi connectivity index (χ4v) is 4.09. The number of carbonyl (C=O) groups excluding carboxylic acids is 1. The van der Waals surface area contributed by atoms with Crippen molar-refractivity contribution in [2.24, 2.45) is 0 Å².